The summed E-state index contributed by atoms with van der Waals surface area (Å²) in [5.74, 6) is 0. The van der Waals surface area contributed by atoms with Gasteiger partial charge in [0.15, 0.2) is 0 Å². The molecule has 0 atom stereocenters. The lowest BCUT2D eigenvalue weighted by molar-refractivity contribution is -0.138. The van der Waals surface area contributed by atoms with Gasteiger partial charge < -0.3 is 5.41 Å². The molecule has 1 N–H and O–H groups in total. The minimum Gasteiger partial charge on any atom is -0.300 e. The molecule has 2 nitrogen and oxygen atoms in total. The van der Waals surface area contributed by atoms with E-state index in [1.165, 1.54) is 6.07 Å². The van der Waals surface area contributed by atoms with Crippen molar-refractivity contribution >= 4 is 11.3 Å². The molecular weight excluding hydrogens is 562 g/mol. The molecule has 0 saturated carbocycles. The quantitative estimate of drug-likeness (QED) is 0.142. The number of hydrogen-bond donors (Lipinski definition) is 1. The van der Waals surface area contributed by atoms with Crippen LogP contribution in [0.5, 0.6) is 0 Å². The van der Waals surface area contributed by atoms with Gasteiger partial charge in [0.2, 0.25) is 0 Å². The van der Waals surface area contributed by atoms with E-state index in [-0.39, 0.29) is 11.4 Å². The molecule has 0 spiro atoms. The Morgan fingerprint density at radius 1 is 0.884 bits per heavy atom. The van der Waals surface area contributed by atoms with Crippen molar-refractivity contribution in [3.05, 3.63) is 144 Å². The lowest BCUT2D eigenvalue weighted by Crippen LogP contribution is -2.19. The molecule has 2 aromatic carbocycles. The van der Waals surface area contributed by atoms with Crippen molar-refractivity contribution in [3.8, 4) is 11.3 Å². The second-order valence-corrected chi connectivity index (χ2v) is 10.6. The van der Waals surface area contributed by atoms with E-state index in [1.54, 1.807) is 50.3 Å². The highest BCUT2D eigenvalue weighted by Crippen LogP contribution is 2.40. The summed E-state index contributed by atoms with van der Waals surface area (Å²) >= 11 is 0. The summed E-state index contributed by atoms with van der Waals surface area (Å²) in [6.45, 7) is 13.0. The van der Waals surface area contributed by atoms with Gasteiger partial charge in [0.05, 0.1) is 22.5 Å². The molecule has 0 aliphatic heterocycles. The molecule has 3 rings (SSSR count). The minimum atomic E-state index is -4.60. The van der Waals surface area contributed by atoms with Gasteiger partial charge in [0.25, 0.3) is 0 Å². The Morgan fingerprint density at radius 2 is 1.56 bits per heavy atom. The molecule has 0 amide bonds. The van der Waals surface area contributed by atoms with E-state index in [9.17, 15) is 26.3 Å². The molecule has 0 radical (unpaired) electrons. The van der Waals surface area contributed by atoms with E-state index in [0.29, 0.717) is 23.7 Å². The summed E-state index contributed by atoms with van der Waals surface area (Å²) in [5, 5.41) is 8.55. The van der Waals surface area contributed by atoms with Gasteiger partial charge in [-0.2, -0.15) is 26.3 Å². The molecule has 0 unspecified atom stereocenters. The number of aryl methyl sites for hydroxylation is 1. The van der Waals surface area contributed by atoms with Crippen LogP contribution in [0.3, 0.4) is 0 Å². The van der Waals surface area contributed by atoms with Gasteiger partial charge in [-0.3, -0.25) is 4.98 Å². The first-order chi connectivity index (χ1) is 20.1. The number of rotatable bonds is 10. The SMILES string of the molecule is C=C/C=C(\C=C)c1ccc(C)c(C(=N)/C=C\C=C/CC(C)(C)c2cc(C(F)(F)F)ccc2-c2ccc(C(F)(F)F)cn2)c1. The molecule has 0 aliphatic rings. The number of nitrogens with zero attached hydrogens (tertiary/aromatic N) is 1. The largest absolute Gasteiger partial charge is 0.417 e. The molecule has 1 heterocycles. The van der Waals surface area contributed by atoms with Gasteiger partial charge >= 0.3 is 12.4 Å². The van der Waals surface area contributed by atoms with Gasteiger partial charge in [0, 0.05) is 17.3 Å². The van der Waals surface area contributed by atoms with E-state index in [4.69, 9.17) is 5.41 Å². The predicted molar refractivity (Wildman–Crippen MR) is 162 cm³/mol. The summed E-state index contributed by atoms with van der Waals surface area (Å²) in [6.07, 6.45) is 3.81. The normalized spacial score (nSPS) is 13.1. The number of allylic oxidation sites excluding steroid dienone is 8. The van der Waals surface area contributed by atoms with E-state index >= 15 is 0 Å². The van der Waals surface area contributed by atoms with Crippen LogP contribution in [0.4, 0.5) is 26.3 Å². The van der Waals surface area contributed by atoms with Crippen LogP contribution in [0.2, 0.25) is 0 Å². The van der Waals surface area contributed by atoms with Gasteiger partial charge in [-0.05, 0) is 77.4 Å². The summed E-state index contributed by atoms with van der Waals surface area (Å²) in [4.78, 5) is 3.91. The van der Waals surface area contributed by atoms with E-state index in [2.05, 4.69) is 18.1 Å². The van der Waals surface area contributed by atoms with Crippen molar-refractivity contribution in [2.24, 2.45) is 0 Å². The van der Waals surface area contributed by atoms with Crippen LogP contribution in [-0.4, -0.2) is 10.7 Å². The molecule has 0 aliphatic carbocycles. The Morgan fingerprint density at radius 3 is 2.14 bits per heavy atom. The summed E-state index contributed by atoms with van der Waals surface area (Å²) in [6, 6.07) is 11.0. The first-order valence-corrected chi connectivity index (χ1v) is 13.3. The van der Waals surface area contributed by atoms with E-state index in [1.807, 2.05) is 31.2 Å². The molecule has 224 valence electrons. The van der Waals surface area contributed by atoms with Gasteiger partial charge in [0.1, 0.15) is 0 Å². The van der Waals surface area contributed by atoms with Gasteiger partial charge in [-0.15, -0.1) is 0 Å². The summed E-state index contributed by atoms with van der Waals surface area (Å²) in [7, 11) is 0. The molecule has 1 aromatic heterocycles. The van der Waals surface area contributed by atoms with Crippen molar-refractivity contribution in [1.82, 2.24) is 4.98 Å². The van der Waals surface area contributed by atoms with Crippen LogP contribution in [0.1, 0.15) is 53.6 Å². The number of alkyl halides is 6. The standard InChI is InChI=1S/C35H32F6N2/c1-6-11-24(7-2)25-14-13-23(3)29(20-25)31(42)12-9-8-10-19-33(4,5)30-21-26(34(36,37)38)15-17-28(30)32-18-16-27(22-43-32)35(39,40)41/h6-18,20-22,42H,1-2,19H2,3-5H3/b10-8-,12-9-,24-11+,42-31?. The van der Waals surface area contributed by atoms with Crippen molar-refractivity contribution < 1.29 is 26.3 Å². The number of aromatic nitrogens is 1. The van der Waals surface area contributed by atoms with Crippen LogP contribution >= 0.6 is 0 Å². The van der Waals surface area contributed by atoms with E-state index < -0.39 is 28.9 Å². The highest BCUT2D eigenvalue weighted by Gasteiger charge is 2.34. The average Bonchev–Trinajstić information content (AvgIpc) is 2.94. The fraction of sp³-hybridized carbons (Fsp3) is 0.200. The van der Waals surface area contributed by atoms with Crippen LogP contribution in [0, 0.1) is 12.3 Å². The molecule has 0 bridgehead atoms. The second kappa shape index (κ2) is 13.2. The topological polar surface area (TPSA) is 36.7 Å². The second-order valence-electron chi connectivity index (χ2n) is 10.6. The highest BCUT2D eigenvalue weighted by atomic mass is 19.4. The lowest BCUT2D eigenvalue weighted by atomic mass is 9.77. The fourth-order valence-corrected chi connectivity index (χ4v) is 4.52. The number of benzene rings is 2. The third-order valence-electron chi connectivity index (χ3n) is 6.96. The Labute approximate surface area is 248 Å². The van der Waals surface area contributed by atoms with Crippen LogP contribution in [0.15, 0.2) is 110 Å². The van der Waals surface area contributed by atoms with Crippen molar-refractivity contribution in [2.75, 3.05) is 0 Å². The maximum Gasteiger partial charge on any atom is 0.417 e. The molecular formula is C35H32F6N2. The minimum absolute atomic E-state index is 0.141. The Hall–Kier alpha value is -4.46. The average molecular weight is 595 g/mol. The Kier molecular flexibility index (Phi) is 10.2. The molecule has 8 heteroatoms. The van der Waals surface area contributed by atoms with E-state index in [0.717, 1.165) is 46.5 Å². The third kappa shape index (κ3) is 8.31. The predicted octanol–water partition coefficient (Wildman–Crippen LogP) is 10.7. The van der Waals surface area contributed by atoms with Crippen LogP contribution < -0.4 is 0 Å². The maximum absolute atomic E-state index is 13.6. The lowest BCUT2D eigenvalue weighted by Gasteiger charge is -2.28. The number of nitrogens with one attached hydrogen (secondary N) is 1. The van der Waals surface area contributed by atoms with Crippen LogP contribution in [-0.2, 0) is 17.8 Å². The third-order valence-corrected chi connectivity index (χ3v) is 6.96. The zero-order valence-corrected chi connectivity index (χ0v) is 24.1. The maximum atomic E-state index is 13.6. The van der Waals surface area contributed by atoms with Gasteiger partial charge in [-0.1, -0.05) is 81.7 Å². The van der Waals surface area contributed by atoms with Crippen molar-refractivity contribution in [2.45, 2.75) is 45.0 Å². The Balaban J connectivity index is 1.87. The monoisotopic (exact) mass is 594 g/mol. The van der Waals surface area contributed by atoms with Crippen molar-refractivity contribution in [1.29, 1.82) is 5.41 Å². The summed E-state index contributed by atoms with van der Waals surface area (Å²) < 4.78 is 79.9. The first-order valence-electron chi connectivity index (χ1n) is 13.3. The van der Waals surface area contributed by atoms with Crippen LogP contribution in [0.25, 0.3) is 16.8 Å². The molecule has 43 heavy (non-hydrogen) atoms. The first kappa shape index (κ1) is 33.0. The van der Waals surface area contributed by atoms with Crippen molar-refractivity contribution in [3.63, 3.8) is 0 Å². The molecule has 0 saturated heterocycles. The Bertz CT molecular complexity index is 1580. The number of pyridine rings is 1. The summed E-state index contributed by atoms with van der Waals surface area (Å²) in [5.41, 5.74) is 1.80. The smallest absolute Gasteiger partial charge is 0.300 e. The van der Waals surface area contributed by atoms with Gasteiger partial charge in [-0.25, -0.2) is 0 Å². The molecule has 0 fully saturated rings. The number of halogens is 6. The molecule has 3 aromatic rings. The fourth-order valence-electron chi connectivity index (χ4n) is 4.52. The zero-order valence-electron chi connectivity index (χ0n) is 24.1. The number of hydrogen-bond acceptors (Lipinski definition) is 2. The zero-order chi connectivity index (χ0) is 32.0. The highest BCUT2D eigenvalue weighted by molar-refractivity contribution is 6.08.